The first-order valence-electron chi connectivity index (χ1n) is 5.16. The minimum absolute atomic E-state index is 0.222. The molecule has 0 spiro atoms. The summed E-state index contributed by atoms with van der Waals surface area (Å²) in [7, 11) is 0. The third kappa shape index (κ3) is 4.27. The molecule has 0 aromatic rings. The highest BCUT2D eigenvalue weighted by molar-refractivity contribution is 5.75. The van der Waals surface area contributed by atoms with Gasteiger partial charge in [-0.15, -0.1) is 0 Å². The van der Waals surface area contributed by atoms with E-state index in [0.717, 1.165) is 19.3 Å². The second-order valence-electron chi connectivity index (χ2n) is 3.81. The molecule has 0 unspecified atom stereocenters. The summed E-state index contributed by atoms with van der Waals surface area (Å²) in [5.41, 5.74) is 5.67. The summed E-state index contributed by atoms with van der Waals surface area (Å²) in [5.74, 6) is 0.467. The summed E-state index contributed by atoms with van der Waals surface area (Å²) in [5, 5.41) is 0. The summed E-state index contributed by atoms with van der Waals surface area (Å²) >= 11 is 0. The summed E-state index contributed by atoms with van der Waals surface area (Å²) in [4.78, 5) is 11.2. The second-order valence-corrected chi connectivity index (χ2v) is 3.81. The molecule has 2 N–H and O–H groups in total. The first-order valence-corrected chi connectivity index (χ1v) is 5.16. The van der Waals surface area contributed by atoms with E-state index in [9.17, 15) is 4.79 Å². The van der Waals surface area contributed by atoms with E-state index in [0.29, 0.717) is 12.5 Å². The number of esters is 1. The number of carbonyl (C=O) groups excluding carboxylic acids is 1. The fraction of sp³-hybridized carbons (Fsp3) is 0.900. The van der Waals surface area contributed by atoms with Crippen molar-refractivity contribution in [2.45, 2.75) is 45.1 Å². The molecular formula is C10H19NO2. The third-order valence-corrected chi connectivity index (χ3v) is 2.33. The molecular weight excluding hydrogens is 166 g/mol. The lowest BCUT2D eigenvalue weighted by molar-refractivity contribution is -0.145. The summed E-state index contributed by atoms with van der Waals surface area (Å²) in [6.45, 7) is 2.59. The topological polar surface area (TPSA) is 52.3 Å². The van der Waals surface area contributed by atoms with Crippen molar-refractivity contribution in [3.8, 4) is 0 Å². The van der Waals surface area contributed by atoms with E-state index >= 15 is 0 Å². The van der Waals surface area contributed by atoms with Gasteiger partial charge in [-0.2, -0.15) is 0 Å². The molecule has 0 saturated heterocycles. The number of nitrogens with two attached hydrogens (primary N) is 1. The highest BCUT2D eigenvalue weighted by atomic mass is 16.5. The Labute approximate surface area is 79.6 Å². The molecule has 0 amide bonds. The number of hydrogen-bond acceptors (Lipinski definition) is 3. The molecule has 0 aromatic carbocycles. The average Bonchev–Trinajstić information content (AvgIpc) is 2.88. The zero-order chi connectivity index (χ0) is 9.68. The standard InChI is InChI=1S/C10H19NO2/c1-2-3-6-13-10(12)9(11)7-8-4-5-8/h8-9H,2-7,11H2,1H3/t9-/m1/s1. The average molecular weight is 185 g/mol. The highest BCUT2D eigenvalue weighted by Gasteiger charge is 2.27. The Morgan fingerprint density at radius 1 is 1.62 bits per heavy atom. The second kappa shape index (κ2) is 5.22. The van der Waals surface area contributed by atoms with E-state index in [4.69, 9.17) is 10.5 Å². The van der Waals surface area contributed by atoms with Crippen LogP contribution < -0.4 is 5.73 Å². The highest BCUT2D eigenvalue weighted by Crippen LogP contribution is 2.33. The van der Waals surface area contributed by atoms with Crippen LogP contribution in [0.5, 0.6) is 0 Å². The van der Waals surface area contributed by atoms with Crippen LogP contribution in [0, 0.1) is 5.92 Å². The molecule has 1 rings (SSSR count). The Morgan fingerprint density at radius 2 is 2.31 bits per heavy atom. The first kappa shape index (κ1) is 10.5. The Morgan fingerprint density at radius 3 is 2.85 bits per heavy atom. The van der Waals surface area contributed by atoms with E-state index < -0.39 is 0 Å². The van der Waals surface area contributed by atoms with E-state index in [1.165, 1.54) is 12.8 Å². The van der Waals surface area contributed by atoms with E-state index in [1.54, 1.807) is 0 Å². The van der Waals surface area contributed by atoms with Gasteiger partial charge in [-0.05, 0) is 18.8 Å². The minimum Gasteiger partial charge on any atom is -0.465 e. The number of hydrogen-bond donors (Lipinski definition) is 1. The molecule has 13 heavy (non-hydrogen) atoms. The number of ether oxygens (including phenoxy) is 1. The van der Waals surface area contributed by atoms with Gasteiger partial charge in [-0.25, -0.2) is 0 Å². The van der Waals surface area contributed by atoms with E-state index in [-0.39, 0.29) is 12.0 Å². The van der Waals surface area contributed by atoms with Crippen molar-refractivity contribution >= 4 is 5.97 Å². The lowest BCUT2D eigenvalue weighted by atomic mass is 10.1. The third-order valence-electron chi connectivity index (χ3n) is 2.33. The summed E-state index contributed by atoms with van der Waals surface area (Å²) in [6.07, 6.45) is 5.25. The molecule has 3 heteroatoms. The predicted molar refractivity (Wildman–Crippen MR) is 51.2 cm³/mol. The Kier molecular flexibility index (Phi) is 4.22. The van der Waals surface area contributed by atoms with Crippen LogP contribution in [0.2, 0.25) is 0 Å². The van der Waals surface area contributed by atoms with Crippen LogP contribution in [-0.4, -0.2) is 18.6 Å². The molecule has 1 fully saturated rings. The molecule has 0 bridgehead atoms. The van der Waals surface area contributed by atoms with Crippen LogP contribution in [0.4, 0.5) is 0 Å². The molecule has 1 saturated carbocycles. The Balaban J connectivity index is 2.05. The van der Waals surface area contributed by atoms with Crippen molar-refractivity contribution in [2.75, 3.05) is 6.61 Å². The quantitative estimate of drug-likeness (QED) is 0.503. The molecule has 1 atom stereocenters. The van der Waals surface area contributed by atoms with Gasteiger partial charge in [-0.3, -0.25) is 4.79 Å². The van der Waals surface area contributed by atoms with Crippen LogP contribution >= 0.6 is 0 Å². The van der Waals surface area contributed by atoms with Crippen LogP contribution in [0.3, 0.4) is 0 Å². The van der Waals surface area contributed by atoms with Gasteiger partial charge >= 0.3 is 5.97 Å². The lowest BCUT2D eigenvalue weighted by Gasteiger charge is -2.10. The van der Waals surface area contributed by atoms with Crippen LogP contribution in [0.1, 0.15) is 39.0 Å². The van der Waals surface area contributed by atoms with Crippen molar-refractivity contribution in [3.05, 3.63) is 0 Å². The largest absolute Gasteiger partial charge is 0.465 e. The fourth-order valence-electron chi connectivity index (χ4n) is 1.23. The van der Waals surface area contributed by atoms with Crippen LogP contribution in [0.15, 0.2) is 0 Å². The fourth-order valence-corrected chi connectivity index (χ4v) is 1.23. The monoisotopic (exact) mass is 185 g/mol. The summed E-state index contributed by atoms with van der Waals surface area (Å²) in [6, 6.07) is -0.385. The van der Waals surface area contributed by atoms with E-state index in [2.05, 4.69) is 6.92 Å². The van der Waals surface area contributed by atoms with E-state index in [1.807, 2.05) is 0 Å². The van der Waals surface area contributed by atoms with Gasteiger partial charge in [0.25, 0.3) is 0 Å². The number of rotatable bonds is 6. The Hall–Kier alpha value is -0.570. The SMILES string of the molecule is CCCCOC(=O)[C@H](N)CC1CC1. The predicted octanol–water partition coefficient (Wildman–Crippen LogP) is 1.46. The van der Waals surface area contributed by atoms with Gasteiger partial charge in [0.1, 0.15) is 6.04 Å². The smallest absolute Gasteiger partial charge is 0.322 e. The number of unbranched alkanes of at least 4 members (excludes halogenated alkanes) is 1. The van der Waals surface area contributed by atoms with Gasteiger partial charge in [0.05, 0.1) is 6.61 Å². The first-order chi connectivity index (χ1) is 6.24. The molecule has 0 aliphatic heterocycles. The van der Waals surface area contributed by atoms with Gasteiger partial charge in [0.2, 0.25) is 0 Å². The molecule has 1 aliphatic rings. The maximum Gasteiger partial charge on any atom is 0.322 e. The van der Waals surface area contributed by atoms with Crippen molar-refractivity contribution in [1.29, 1.82) is 0 Å². The van der Waals surface area contributed by atoms with Gasteiger partial charge in [0.15, 0.2) is 0 Å². The van der Waals surface area contributed by atoms with Crippen LogP contribution in [-0.2, 0) is 9.53 Å². The maximum absolute atomic E-state index is 11.2. The van der Waals surface area contributed by atoms with Crippen molar-refractivity contribution in [3.63, 3.8) is 0 Å². The van der Waals surface area contributed by atoms with Gasteiger partial charge < -0.3 is 10.5 Å². The minimum atomic E-state index is -0.385. The molecule has 76 valence electrons. The van der Waals surface area contributed by atoms with Crippen molar-refractivity contribution < 1.29 is 9.53 Å². The molecule has 0 heterocycles. The van der Waals surface area contributed by atoms with Gasteiger partial charge in [0, 0.05) is 0 Å². The maximum atomic E-state index is 11.2. The van der Waals surface area contributed by atoms with Crippen LogP contribution in [0.25, 0.3) is 0 Å². The molecule has 1 aliphatic carbocycles. The number of carbonyl (C=O) groups is 1. The van der Waals surface area contributed by atoms with Crippen molar-refractivity contribution in [2.24, 2.45) is 11.7 Å². The summed E-state index contributed by atoms with van der Waals surface area (Å²) < 4.78 is 5.01. The Bertz CT molecular complexity index is 166. The normalized spacial score (nSPS) is 18.3. The van der Waals surface area contributed by atoms with Gasteiger partial charge in [-0.1, -0.05) is 26.2 Å². The molecule has 0 radical (unpaired) electrons. The zero-order valence-electron chi connectivity index (χ0n) is 8.29. The molecule has 0 aromatic heterocycles. The lowest BCUT2D eigenvalue weighted by Crippen LogP contribution is -2.32. The zero-order valence-corrected chi connectivity index (χ0v) is 8.29. The van der Waals surface area contributed by atoms with Crippen molar-refractivity contribution in [1.82, 2.24) is 0 Å². The molecule has 3 nitrogen and oxygen atoms in total.